The summed E-state index contributed by atoms with van der Waals surface area (Å²) in [5.41, 5.74) is 1.56. The van der Waals surface area contributed by atoms with Crippen molar-refractivity contribution in [2.45, 2.75) is 100 Å². The molecule has 0 spiro atoms. The third kappa shape index (κ3) is 12.5. The summed E-state index contributed by atoms with van der Waals surface area (Å²) in [7, 11) is 0. The van der Waals surface area contributed by atoms with Crippen LogP contribution in [0.3, 0.4) is 0 Å². The van der Waals surface area contributed by atoms with E-state index in [1.54, 1.807) is 0 Å². The van der Waals surface area contributed by atoms with Crippen LogP contribution in [0.1, 0.15) is 100 Å². The van der Waals surface area contributed by atoms with Crippen LogP contribution in [0.25, 0.3) is 0 Å². The van der Waals surface area contributed by atoms with Gasteiger partial charge in [-0.1, -0.05) is 74.7 Å². The van der Waals surface area contributed by atoms with E-state index in [4.69, 9.17) is 0 Å². The molecule has 0 saturated heterocycles. The summed E-state index contributed by atoms with van der Waals surface area (Å²) in [5.74, 6) is 0. The van der Waals surface area contributed by atoms with Gasteiger partial charge in [0.2, 0.25) is 0 Å². The van der Waals surface area contributed by atoms with Gasteiger partial charge in [0.05, 0.1) is 0 Å². The highest BCUT2D eigenvalue weighted by molar-refractivity contribution is 4.72. The van der Waals surface area contributed by atoms with Gasteiger partial charge in [0.25, 0.3) is 0 Å². The zero-order valence-electron chi connectivity index (χ0n) is 14.4. The monoisotopic (exact) mass is 254 g/mol. The van der Waals surface area contributed by atoms with Crippen LogP contribution in [0, 0.1) is 16.2 Å². The van der Waals surface area contributed by atoms with Crippen molar-refractivity contribution in [3.63, 3.8) is 0 Å². The summed E-state index contributed by atoms with van der Waals surface area (Å²) in [6.07, 6.45) is 9.69. The van der Waals surface area contributed by atoms with E-state index in [0.29, 0.717) is 16.2 Å². The van der Waals surface area contributed by atoms with E-state index in [-0.39, 0.29) is 0 Å². The minimum absolute atomic E-state index is 0.502. The van der Waals surface area contributed by atoms with Gasteiger partial charge in [-0.25, -0.2) is 0 Å². The van der Waals surface area contributed by atoms with E-state index in [0.717, 1.165) is 0 Å². The molecular formula is C18H38. The van der Waals surface area contributed by atoms with Crippen LogP contribution in [-0.4, -0.2) is 0 Å². The molecule has 110 valence electrons. The van der Waals surface area contributed by atoms with Gasteiger partial charge in [0, 0.05) is 0 Å². The fourth-order valence-electron chi connectivity index (χ4n) is 2.48. The summed E-state index contributed by atoms with van der Waals surface area (Å²) < 4.78 is 0. The average Bonchev–Trinajstić information content (AvgIpc) is 2.08. The molecule has 0 aliphatic rings. The highest BCUT2D eigenvalue weighted by atomic mass is 14.2. The van der Waals surface area contributed by atoms with Crippen LogP contribution < -0.4 is 0 Å². The van der Waals surface area contributed by atoms with E-state index in [9.17, 15) is 0 Å². The van der Waals surface area contributed by atoms with Crippen LogP contribution in [-0.2, 0) is 0 Å². The fourth-order valence-corrected chi connectivity index (χ4v) is 2.48. The Kier molecular flexibility index (Phi) is 6.96. The molecule has 0 atom stereocenters. The zero-order chi connectivity index (χ0) is 14.4. The molecule has 0 amide bonds. The lowest BCUT2D eigenvalue weighted by molar-refractivity contribution is 0.251. The molecule has 0 aromatic heterocycles. The highest BCUT2D eigenvalue weighted by Crippen LogP contribution is 2.33. The standard InChI is InChI=1S/C18H38/c1-16(2,3)12-9-10-14-18(7,8)15-11-13-17(4,5)6/h9-15H2,1-8H3. The molecule has 0 aliphatic heterocycles. The van der Waals surface area contributed by atoms with Crippen molar-refractivity contribution in [1.29, 1.82) is 0 Å². The lowest BCUT2D eigenvalue weighted by Crippen LogP contribution is -2.14. The summed E-state index contributed by atoms with van der Waals surface area (Å²) >= 11 is 0. The Morgan fingerprint density at radius 1 is 0.444 bits per heavy atom. The second kappa shape index (κ2) is 6.96. The maximum Gasteiger partial charge on any atom is -0.0354 e. The summed E-state index contributed by atoms with van der Waals surface area (Å²) in [6.45, 7) is 19.0. The Morgan fingerprint density at radius 2 is 0.778 bits per heavy atom. The summed E-state index contributed by atoms with van der Waals surface area (Å²) in [4.78, 5) is 0. The summed E-state index contributed by atoms with van der Waals surface area (Å²) in [6, 6.07) is 0. The number of rotatable bonds is 7. The van der Waals surface area contributed by atoms with Crippen molar-refractivity contribution < 1.29 is 0 Å². The molecular weight excluding hydrogens is 216 g/mol. The van der Waals surface area contributed by atoms with Crippen molar-refractivity contribution in [1.82, 2.24) is 0 Å². The van der Waals surface area contributed by atoms with E-state index < -0.39 is 0 Å². The lowest BCUT2D eigenvalue weighted by atomic mass is 9.78. The van der Waals surface area contributed by atoms with Crippen LogP contribution >= 0.6 is 0 Å². The van der Waals surface area contributed by atoms with Crippen LogP contribution in [0.15, 0.2) is 0 Å². The minimum atomic E-state index is 0.502. The molecule has 0 aromatic rings. The van der Waals surface area contributed by atoms with E-state index in [1.165, 1.54) is 44.9 Å². The second-order valence-electron chi connectivity index (χ2n) is 9.35. The Bertz CT molecular complexity index is 209. The Hall–Kier alpha value is 0. The average molecular weight is 255 g/mol. The molecule has 0 heteroatoms. The maximum atomic E-state index is 2.45. The topological polar surface area (TPSA) is 0 Å². The van der Waals surface area contributed by atoms with Crippen molar-refractivity contribution >= 4 is 0 Å². The van der Waals surface area contributed by atoms with Gasteiger partial charge in [-0.3, -0.25) is 0 Å². The highest BCUT2D eigenvalue weighted by Gasteiger charge is 2.19. The molecule has 0 rings (SSSR count). The molecule has 0 heterocycles. The molecule has 18 heavy (non-hydrogen) atoms. The van der Waals surface area contributed by atoms with Gasteiger partial charge in [0.15, 0.2) is 0 Å². The van der Waals surface area contributed by atoms with Crippen LogP contribution in [0.5, 0.6) is 0 Å². The first-order valence-electron chi connectivity index (χ1n) is 7.91. The predicted octanol–water partition coefficient (Wildman–Crippen LogP) is 6.84. The van der Waals surface area contributed by atoms with Crippen LogP contribution in [0.4, 0.5) is 0 Å². The Balaban J connectivity index is 3.74. The molecule has 0 saturated carbocycles. The van der Waals surface area contributed by atoms with Gasteiger partial charge in [-0.15, -0.1) is 0 Å². The molecule has 0 bridgehead atoms. The van der Waals surface area contributed by atoms with Gasteiger partial charge in [-0.05, 0) is 41.9 Å². The minimum Gasteiger partial charge on any atom is -0.0602 e. The Morgan fingerprint density at radius 3 is 1.22 bits per heavy atom. The van der Waals surface area contributed by atoms with Crippen molar-refractivity contribution in [3.8, 4) is 0 Å². The smallest absolute Gasteiger partial charge is 0.0354 e. The molecule has 0 aromatic carbocycles. The number of hydrogen-bond donors (Lipinski definition) is 0. The largest absolute Gasteiger partial charge is 0.0602 e. The van der Waals surface area contributed by atoms with E-state index in [2.05, 4.69) is 55.4 Å². The zero-order valence-corrected chi connectivity index (χ0v) is 14.4. The molecule has 0 fully saturated rings. The van der Waals surface area contributed by atoms with Gasteiger partial charge in [-0.2, -0.15) is 0 Å². The van der Waals surface area contributed by atoms with Gasteiger partial charge >= 0.3 is 0 Å². The first-order chi connectivity index (χ1) is 7.91. The van der Waals surface area contributed by atoms with Crippen molar-refractivity contribution in [2.75, 3.05) is 0 Å². The third-order valence-corrected chi connectivity index (χ3v) is 3.81. The van der Waals surface area contributed by atoms with Crippen LogP contribution in [0.2, 0.25) is 0 Å². The first kappa shape index (κ1) is 18.0. The van der Waals surface area contributed by atoms with Gasteiger partial charge < -0.3 is 0 Å². The second-order valence-corrected chi connectivity index (χ2v) is 9.35. The molecule has 0 N–H and O–H groups in total. The molecule has 0 aliphatic carbocycles. The lowest BCUT2D eigenvalue weighted by Gasteiger charge is -2.27. The number of unbranched alkanes of at least 4 members (excludes halogenated alkanes) is 1. The number of hydrogen-bond acceptors (Lipinski definition) is 0. The quantitative estimate of drug-likeness (QED) is 0.436. The summed E-state index contributed by atoms with van der Waals surface area (Å²) in [5, 5.41) is 0. The molecule has 0 radical (unpaired) electrons. The Labute approximate surface area is 117 Å². The predicted molar refractivity (Wildman–Crippen MR) is 85.0 cm³/mol. The fraction of sp³-hybridized carbons (Fsp3) is 1.00. The maximum absolute atomic E-state index is 2.45. The van der Waals surface area contributed by atoms with E-state index >= 15 is 0 Å². The van der Waals surface area contributed by atoms with E-state index in [1.807, 2.05) is 0 Å². The molecule has 0 unspecified atom stereocenters. The van der Waals surface area contributed by atoms with Crippen molar-refractivity contribution in [3.05, 3.63) is 0 Å². The normalized spacial score (nSPS) is 14.0. The SMILES string of the molecule is CC(C)(C)CCCCC(C)(C)CCCC(C)(C)C. The first-order valence-corrected chi connectivity index (χ1v) is 7.91. The van der Waals surface area contributed by atoms with Gasteiger partial charge in [0.1, 0.15) is 0 Å². The third-order valence-electron chi connectivity index (χ3n) is 3.81. The molecule has 0 nitrogen and oxygen atoms in total. The van der Waals surface area contributed by atoms with Crippen molar-refractivity contribution in [2.24, 2.45) is 16.2 Å².